The van der Waals surface area contributed by atoms with Crippen LogP contribution in [0.2, 0.25) is 0 Å². The van der Waals surface area contributed by atoms with Gasteiger partial charge in [0, 0.05) is 6.54 Å². The number of benzene rings is 2. The number of hydrogen-bond donors (Lipinski definition) is 1. The molecular formula is C20H18F3N3O2. The molecule has 1 N–H and O–H groups in total. The lowest BCUT2D eigenvalue weighted by Gasteiger charge is -2.19. The second-order valence-corrected chi connectivity index (χ2v) is 6.50. The van der Waals surface area contributed by atoms with Crippen LogP contribution in [0.5, 0.6) is 0 Å². The minimum Gasteiger partial charge on any atom is -0.350 e. The molecule has 5 nitrogen and oxygen atoms in total. The van der Waals surface area contributed by atoms with Crippen LogP contribution in [0.1, 0.15) is 29.8 Å². The summed E-state index contributed by atoms with van der Waals surface area (Å²) in [6.07, 6.45) is -4.92. The number of aromatic nitrogens is 2. The molecule has 8 heteroatoms. The van der Waals surface area contributed by atoms with Gasteiger partial charge in [-0.15, -0.1) is 0 Å². The van der Waals surface area contributed by atoms with Gasteiger partial charge < -0.3 is 5.32 Å². The van der Waals surface area contributed by atoms with Gasteiger partial charge in [0.1, 0.15) is 6.04 Å². The molecule has 0 radical (unpaired) electrons. The fraction of sp³-hybridized carbons (Fsp3) is 0.250. The Morgan fingerprint density at radius 2 is 1.79 bits per heavy atom. The number of aryl methyl sites for hydroxylation is 1. The number of rotatable bonds is 4. The molecule has 0 aliphatic heterocycles. The van der Waals surface area contributed by atoms with Crippen molar-refractivity contribution in [3.63, 3.8) is 0 Å². The van der Waals surface area contributed by atoms with Crippen molar-refractivity contribution in [2.24, 2.45) is 0 Å². The van der Waals surface area contributed by atoms with Crippen LogP contribution in [0.25, 0.3) is 11.0 Å². The van der Waals surface area contributed by atoms with E-state index >= 15 is 0 Å². The molecule has 3 aromatic rings. The van der Waals surface area contributed by atoms with Crippen molar-refractivity contribution < 1.29 is 18.0 Å². The molecule has 1 amide bonds. The molecule has 0 saturated heterocycles. The van der Waals surface area contributed by atoms with Gasteiger partial charge in [0.15, 0.2) is 0 Å². The second-order valence-electron chi connectivity index (χ2n) is 6.50. The van der Waals surface area contributed by atoms with Gasteiger partial charge in [-0.1, -0.05) is 42.0 Å². The zero-order chi connectivity index (χ0) is 20.5. The Hall–Kier alpha value is -3.16. The van der Waals surface area contributed by atoms with Gasteiger partial charge in [-0.25, -0.2) is 4.98 Å². The van der Waals surface area contributed by atoms with Gasteiger partial charge in [-0.3, -0.25) is 14.2 Å². The maximum absolute atomic E-state index is 13.2. The van der Waals surface area contributed by atoms with Gasteiger partial charge in [0.25, 0.3) is 5.56 Å². The minimum absolute atomic E-state index is 0.00684. The number of fused-ring (bicyclic) bond motifs is 1. The molecule has 3 rings (SSSR count). The third-order valence-corrected chi connectivity index (χ3v) is 4.42. The predicted octanol–water partition coefficient (Wildman–Crippen LogP) is 3.60. The van der Waals surface area contributed by atoms with Crippen LogP contribution in [0.3, 0.4) is 0 Å². The van der Waals surface area contributed by atoms with E-state index in [1.54, 1.807) is 6.07 Å². The molecule has 0 bridgehead atoms. The van der Waals surface area contributed by atoms with Crippen LogP contribution < -0.4 is 10.9 Å². The number of para-hydroxylation sites is 2. The Balaban J connectivity index is 1.97. The lowest BCUT2D eigenvalue weighted by Crippen LogP contribution is -2.38. The van der Waals surface area contributed by atoms with Gasteiger partial charge >= 0.3 is 6.18 Å². The van der Waals surface area contributed by atoms with Crippen molar-refractivity contribution in [3.05, 3.63) is 75.7 Å². The van der Waals surface area contributed by atoms with Gasteiger partial charge in [-0.2, -0.15) is 13.2 Å². The summed E-state index contributed by atoms with van der Waals surface area (Å²) in [5, 5.41) is 2.67. The van der Waals surface area contributed by atoms with Crippen molar-refractivity contribution in [1.82, 2.24) is 14.9 Å². The minimum atomic E-state index is -4.92. The summed E-state index contributed by atoms with van der Waals surface area (Å²) >= 11 is 0. The average Bonchev–Trinajstić information content (AvgIpc) is 2.65. The quantitative estimate of drug-likeness (QED) is 0.742. The van der Waals surface area contributed by atoms with Crippen molar-refractivity contribution in [2.45, 2.75) is 32.6 Å². The summed E-state index contributed by atoms with van der Waals surface area (Å²) in [6.45, 7) is 3.52. The Labute approximate surface area is 158 Å². The molecule has 1 heterocycles. The van der Waals surface area contributed by atoms with E-state index in [1.165, 1.54) is 25.1 Å². The lowest BCUT2D eigenvalue weighted by atomic mass is 10.1. The molecule has 1 atom stereocenters. The Morgan fingerprint density at radius 3 is 2.43 bits per heavy atom. The van der Waals surface area contributed by atoms with E-state index in [-0.39, 0.29) is 17.6 Å². The molecule has 2 aromatic carbocycles. The van der Waals surface area contributed by atoms with Crippen molar-refractivity contribution >= 4 is 16.9 Å². The number of amides is 1. The van der Waals surface area contributed by atoms with E-state index in [1.807, 2.05) is 31.2 Å². The molecule has 0 fully saturated rings. The molecule has 0 spiro atoms. The van der Waals surface area contributed by atoms with Crippen molar-refractivity contribution in [3.8, 4) is 0 Å². The summed E-state index contributed by atoms with van der Waals surface area (Å²) < 4.78 is 40.6. The Morgan fingerprint density at radius 1 is 1.14 bits per heavy atom. The number of hydrogen-bond acceptors (Lipinski definition) is 3. The normalized spacial score (nSPS) is 12.8. The van der Waals surface area contributed by atoms with E-state index in [0.717, 1.165) is 15.7 Å². The largest absolute Gasteiger partial charge is 0.438 e. The first-order valence-electron chi connectivity index (χ1n) is 8.60. The summed E-state index contributed by atoms with van der Waals surface area (Å²) in [5.41, 5.74) is -0.813. The fourth-order valence-electron chi connectivity index (χ4n) is 2.88. The summed E-state index contributed by atoms with van der Waals surface area (Å²) in [6, 6.07) is 12.3. The Bertz CT molecular complexity index is 1070. The first-order chi connectivity index (χ1) is 13.2. The fourth-order valence-corrected chi connectivity index (χ4v) is 2.88. The van der Waals surface area contributed by atoms with Crippen molar-refractivity contribution in [1.29, 1.82) is 0 Å². The highest BCUT2D eigenvalue weighted by Crippen LogP contribution is 2.27. The number of carbonyl (C=O) groups is 1. The first-order valence-corrected chi connectivity index (χ1v) is 8.60. The topological polar surface area (TPSA) is 64.0 Å². The number of nitrogens with one attached hydrogen (secondary N) is 1. The highest BCUT2D eigenvalue weighted by atomic mass is 19.4. The van der Waals surface area contributed by atoms with E-state index in [4.69, 9.17) is 0 Å². The zero-order valence-electron chi connectivity index (χ0n) is 15.2. The highest BCUT2D eigenvalue weighted by Gasteiger charge is 2.38. The first kappa shape index (κ1) is 19.6. The van der Waals surface area contributed by atoms with Crippen LogP contribution in [0, 0.1) is 6.92 Å². The predicted molar refractivity (Wildman–Crippen MR) is 98.7 cm³/mol. The van der Waals surface area contributed by atoms with E-state index in [9.17, 15) is 22.8 Å². The molecule has 28 heavy (non-hydrogen) atoms. The molecule has 0 saturated carbocycles. The molecule has 1 unspecified atom stereocenters. The standard InChI is InChI=1S/C20H18F3N3O2/c1-12-7-9-14(10-8-12)11-24-18(27)13(2)26-16-6-4-3-5-15(16)25-17(19(26)28)20(21,22)23/h3-10,13H,11H2,1-2H3,(H,24,27). The molecule has 0 aliphatic carbocycles. The van der Waals surface area contributed by atoms with Gasteiger partial charge in [0.2, 0.25) is 11.6 Å². The van der Waals surface area contributed by atoms with E-state index in [0.29, 0.717) is 0 Å². The average molecular weight is 389 g/mol. The molecule has 0 aliphatic rings. The van der Waals surface area contributed by atoms with Crippen LogP contribution in [-0.2, 0) is 17.5 Å². The molecular weight excluding hydrogens is 371 g/mol. The Kier molecular flexibility index (Phi) is 5.22. The third kappa shape index (κ3) is 3.90. The van der Waals surface area contributed by atoms with Gasteiger partial charge in [0.05, 0.1) is 11.0 Å². The summed E-state index contributed by atoms with van der Waals surface area (Å²) in [5.74, 6) is -0.563. The van der Waals surface area contributed by atoms with Crippen molar-refractivity contribution in [2.75, 3.05) is 0 Å². The summed E-state index contributed by atoms with van der Waals surface area (Å²) in [7, 11) is 0. The van der Waals surface area contributed by atoms with E-state index < -0.39 is 29.4 Å². The third-order valence-electron chi connectivity index (χ3n) is 4.42. The number of halogens is 3. The number of alkyl halides is 3. The highest BCUT2D eigenvalue weighted by molar-refractivity contribution is 5.83. The monoisotopic (exact) mass is 389 g/mol. The van der Waals surface area contributed by atoms with Crippen LogP contribution in [0.15, 0.2) is 53.3 Å². The summed E-state index contributed by atoms with van der Waals surface area (Å²) in [4.78, 5) is 28.5. The van der Waals surface area contributed by atoms with Gasteiger partial charge in [-0.05, 0) is 31.5 Å². The SMILES string of the molecule is Cc1ccc(CNC(=O)C(C)n2c(=O)c(C(F)(F)F)nc3ccccc32)cc1. The zero-order valence-corrected chi connectivity index (χ0v) is 15.2. The molecule has 146 valence electrons. The van der Waals surface area contributed by atoms with Crippen LogP contribution in [0.4, 0.5) is 13.2 Å². The second kappa shape index (κ2) is 7.46. The molecule has 1 aromatic heterocycles. The number of carbonyl (C=O) groups excluding carboxylic acids is 1. The maximum atomic E-state index is 13.2. The smallest absolute Gasteiger partial charge is 0.350 e. The maximum Gasteiger partial charge on any atom is 0.438 e. The lowest BCUT2D eigenvalue weighted by molar-refractivity contribution is -0.142. The van der Waals surface area contributed by atoms with Crippen LogP contribution >= 0.6 is 0 Å². The number of nitrogens with zero attached hydrogens (tertiary/aromatic N) is 2. The van der Waals surface area contributed by atoms with Crippen LogP contribution in [-0.4, -0.2) is 15.5 Å². The van der Waals surface area contributed by atoms with E-state index in [2.05, 4.69) is 10.3 Å².